The van der Waals surface area contributed by atoms with Crippen LogP contribution in [0, 0.1) is 11.3 Å². The van der Waals surface area contributed by atoms with Crippen molar-refractivity contribution in [1.29, 1.82) is 0 Å². The molecule has 0 saturated carbocycles. The smallest absolute Gasteiger partial charge is 0.0286 e. The molecular weight excluding hydrogens is 444 g/mol. The Hall–Kier alpha value is -2.60. The van der Waals surface area contributed by atoms with Gasteiger partial charge in [-0.3, -0.25) is 0 Å². The largest absolute Gasteiger partial charge is 0.0984 e. The Morgan fingerprint density at radius 2 is 0.973 bits per heavy atom. The van der Waals surface area contributed by atoms with Crippen LogP contribution in [0.2, 0.25) is 0 Å². The van der Waals surface area contributed by atoms with Gasteiger partial charge in [0.2, 0.25) is 0 Å². The van der Waals surface area contributed by atoms with Crippen LogP contribution in [-0.4, -0.2) is 0 Å². The van der Waals surface area contributed by atoms with Crippen molar-refractivity contribution in [3.05, 3.63) is 83.0 Å². The molecule has 37 heavy (non-hydrogen) atoms. The first-order valence-electron chi connectivity index (χ1n) is 14.0. The van der Waals surface area contributed by atoms with Gasteiger partial charge in [-0.2, -0.15) is 0 Å². The van der Waals surface area contributed by atoms with Gasteiger partial charge in [0.25, 0.3) is 0 Å². The minimum absolute atomic E-state index is 0. The zero-order valence-electron chi connectivity index (χ0n) is 25.8. The summed E-state index contributed by atoms with van der Waals surface area (Å²) in [6, 6.07) is 9.52. The maximum absolute atomic E-state index is 4.09. The van der Waals surface area contributed by atoms with Crippen LogP contribution in [0.15, 0.2) is 49.6 Å². The van der Waals surface area contributed by atoms with Crippen molar-refractivity contribution in [2.24, 2.45) is 11.3 Å². The third-order valence-electron chi connectivity index (χ3n) is 6.77. The predicted molar refractivity (Wildman–Crippen MR) is 177 cm³/mol. The van der Waals surface area contributed by atoms with E-state index in [9.17, 15) is 0 Å². The van der Waals surface area contributed by atoms with Gasteiger partial charge in [0.1, 0.15) is 0 Å². The predicted octanol–water partition coefficient (Wildman–Crippen LogP) is 12.7. The van der Waals surface area contributed by atoms with Gasteiger partial charge in [0.05, 0.1) is 0 Å². The van der Waals surface area contributed by atoms with Crippen LogP contribution in [0.4, 0.5) is 0 Å². The normalized spacial score (nSPS) is 12.7. The molecule has 0 aliphatic heterocycles. The maximum atomic E-state index is 4.09. The molecule has 0 heteroatoms. The second-order valence-corrected chi connectivity index (χ2v) is 9.67. The fourth-order valence-electron chi connectivity index (χ4n) is 5.81. The average Bonchev–Trinajstić information content (AvgIpc) is 3.16. The van der Waals surface area contributed by atoms with Crippen LogP contribution >= 0.6 is 0 Å². The van der Waals surface area contributed by atoms with Crippen LogP contribution in [0.1, 0.15) is 131 Å². The van der Waals surface area contributed by atoms with E-state index < -0.39 is 0 Å². The van der Waals surface area contributed by atoms with Crippen molar-refractivity contribution < 1.29 is 0 Å². The number of fused-ring (bicyclic) bond motifs is 3. The first kappa shape index (κ1) is 36.6. The molecular formula is C37H58. The monoisotopic (exact) mass is 502 g/mol. The Balaban J connectivity index is 0. The summed E-state index contributed by atoms with van der Waals surface area (Å²) < 4.78 is 0. The van der Waals surface area contributed by atoms with Crippen LogP contribution < -0.4 is 0 Å². The maximum Gasteiger partial charge on any atom is 0.0286 e. The lowest BCUT2D eigenvalue weighted by atomic mass is 9.55. The van der Waals surface area contributed by atoms with E-state index in [4.69, 9.17) is 0 Å². The lowest BCUT2D eigenvalue weighted by Crippen LogP contribution is -2.44. The Morgan fingerprint density at radius 3 is 1.19 bits per heavy atom. The molecule has 0 heterocycles. The summed E-state index contributed by atoms with van der Waals surface area (Å²) in [6.07, 6.45) is 12.6. The van der Waals surface area contributed by atoms with E-state index in [0.717, 1.165) is 0 Å². The van der Waals surface area contributed by atoms with E-state index in [1.165, 1.54) is 44.5 Å². The lowest BCUT2D eigenvalue weighted by Gasteiger charge is -2.47. The number of benzene rings is 2. The van der Waals surface area contributed by atoms with Gasteiger partial charge in [-0.05, 0) is 94.0 Å². The van der Waals surface area contributed by atoms with Crippen LogP contribution in [0.5, 0.6) is 0 Å². The minimum Gasteiger partial charge on any atom is -0.0984 e. The summed E-state index contributed by atoms with van der Waals surface area (Å²) in [7, 11) is 0. The number of rotatable bonds is 5. The quantitative estimate of drug-likeness (QED) is 0.381. The Bertz CT molecular complexity index is 975. The average molecular weight is 503 g/mol. The molecule has 0 N–H and O–H groups in total. The zero-order chi connectivity index (χ0) is 28.3. The first-order chi connectivity index (χ1) is 17.2. The van der Waals surface area contributed by atoms with Crippen molar-refractivity contribution in [2.45, 2.75) is 103 Å². The van der Waals surface area contributed by atoms with Crippen molar-refractivity contribution in [3.63, 3.8) is 0 Å². The van der Waals surface area contributed by atoms with Crippen molar-refractivity contribution in [1.82, 2.24) is 0 Å². The molecule has 0 spiro atoms. The molecule has 3 rings (SSSR count). The number of hydrogen-bond donors (Lipinski definition) is 0. The fraction of sp³-hybridized carbons (Fsp3) is 0.459. The van der Waals surface area contributed by atoms with Crippen molar-refractivity contribution in [3.8, 4) is 11.1 Å². The van der Waals surface area contributed by atoms with Crippen LogP contribution in [-0.2, 0) is 5.41 Å². The van der Waals surface area contributed by atoms with E-state index in [-0.39, 0.29) is 18.3 Å². The molecule has 0 fully saturated rings. The molecule has 2 aromatic carbocycles. The first-order valence-corrected chi connectivity index (χ1v) is 14.0. The van der Waals surface area contributed by atoms with Gasteiger partial charge in [0, 0.05) is 5.41 Å². The third kappa shape index (κ3) is 6.64. The molecule has 0 saturated heterocycles. The summed E-state index contributed by atoms with van der Waals surface area (Å²) in [4.78, 5) is 0. The standard InChI is InChI=1S/C30H36.3C2H6.CH4/c1-10-14-23-18-27-25(16-21(23)12-3)26-17-22(13-4)24(15-11-2)19-28(26)30(27,20(5)6)29(7,8)9;3*1-2;/h10-20H,3-4H2,1-2,5-9H3;3*1-2H3;1H4/b14-10-,15-11-;;;;. The lowest BCUT2D eigenvalue weighted by molar-refractivity contribution is 0.171. The highest BCUT2D eigenvalue weighted by atomic mass is 14.6. The van der Waals surface area contributed by atoms with Gasteiger partial charge in [-0.25, -0.2) is 0 Å². The van der Waals surface area contributed by atoms with E-state index in [1.54, 1.807) is 0 Å². The molecule has 1 aliphatic carbocycles. The topological polar surface area (TPSA) is 0 Å². The van der Waals surface area contributed by atoms with Crippen molar-refractivity contribution in [2.75, 3.05) is 0 Å². The van der Waals surface area contributed by atoms with Gasteiger partial charge in [0.15, 0.2) is 0 Å². The van der Waals surface area contributed by atoms with Gasteiger partial charge in [-0.1, -0.05) is 133 Å². The van der Waals surface area contributed by atoms with E-state index in [0.29, 0.717) is 5.92 Å². The van der Waals surface area contributed by atoms with E-state index in [1.807, 2.05) is 53.7 Å². The fourth-order valence-corrected chi connectivity index (χ4v) is 5.81. The second-order valence-electron chi connectivity index (χ2n) is 9.67. The molecule has 0 atom stereocenters. The van der Waals surface area contributed by atoms with Crippen molar-refractivity contribution >= 4 is 24.3 Å². The zero-order valence-corrected chi connectivity index (χ0v) is 25.8. The molecule has 0 bridgehead atoms. The molecule has 0 nitrogen and oxygen atoms in total. The minimum atomic E-state index is -0.0796. The summed E-state index contributed by atoms with van der Waals surface area (Å²) in [6.45, 7) is 36.2. The Labute approximate surface area is 232 Å². The Kier molecular flexibility index (Phi) is 16.1. The van der Waals surface area contributed by atoms with Crippen LogP contribution in [0.25, 0.3) is 35.4 Å². The summed E-state index contributed by atoms with van der Waals surface area (Å²) in [5.41, 5.74) is 10.4. The SMILES string of the molecule is C.C=Cc1cc2c(cc1/C=C\C)C(C(C)C)(C(C)(C)C)c1cc(/C=C\C)c(C=C)cc1-2.CC.CC.CC. The van der Waals surface area contributed by atoms with Crippen LogP contribution in [0.3, 0.4) is 0 Å². The van der Waals surface area contributed by atoms with Gasteiger partial charge >= 0.3 is 0 Å². The molecule has 1 aliphatic rings. The molecule has 206 valence electrons. The Morgan fingerprint density at radius 1 is 0.649 bits per heavy atom. The molecule has 0 amide bonds. The highest BCUT2D eigenvalue weighted by Gasteiger charge is 2.53. The second kappa shape index (κ2) is 16.3. The van der Waals surface area contributed by atoms with E-state index in [2.05, 4.69) is 110 Å². The molecule has 0 aromatic heterocycles. The highest BCUT2D eigenvalue weighted by molar-refractivity contribution is 5.88. The summed E-state index contributed by atoms with van der Waals surface area (Å²) in [5.74, 6) is 0.443. The van der Waals surface area contributed by atoms with Gasteiger partial charge < -0.3 is 0 Å². The number of hydrogen-bond acceptors (Lipinski definition) is 0. The highest BCUT2D eigenvalue weighted by Crippen LogP contribution is 2.61. The van der Waals surface area contributed by atoms with Gasteiger partial charge in [-0.15, -0.1) is 0 Å². The molecule has 0 radical (unpaired) electrons. The summed E-state index contributed by atoms with van der Waals surface area (Å²) >= 11 is 0. The third-order valence-corrected chi connectivity index (χ3v) is 6.77. The number of allylic oxidation sites excluding steroid dienone is 2. The molecule has 0 unspecified atom stereocenters. The summed E-state index contributed by atoms with van der Waals surface area (Å²) in [5, 5.41) is 0. The molecule has 2 aromatic rings. The van der Waals surface area contributed by atoms with E-state index >= 15 is 0 Å².